The quantitative estimate of drug-likeness (QED) is 0.362. The van der Waals surface area contributed by atoms with Crippen LogP contribution < -0.4 is 16.0 Å². The summed E-state index contributed by atoms with van der Waals surface area (Å²) in [5.74, 6) is -0.757. The van der Waals surface area contributed by atoms with Crippen LogP contribution in [0.5, 0.6) is 5.75 Å². The zero-order valence-electron chi connectivity index (χ0n) is 19.7. The third-order valence-electron chi connectivity index (χ3n) is 5.98. The summed E-state index contributed by atoms with van der Waals surface area (Å²) in [6, 6.07) is 12.4. The van der Waals surface area contributed by atoms with Crippen LogP contribution in [0.25, 0.3) is 0 Å². The first-order valence-corrected chi connectivity index (χ1v) is 11.0. The molecule has 1 atom stereocenters. The normalized spacial score (nSPS) is 16.3. The minimum atomic E-state index is -0.337. The van der Waals surface area contributed by atoms with Gasteiger partial charge in [-0.3, -0.25) is 15.0 Å². The number of hydrogen-bond acceptors (Lipinski definition) is 5. The van der Waals surface area contributed by atoms with Crippen LogP contribution in [-0.4, -0.2) is 61.4 Å². The molecular weight excluding hydrogens is 418 g/mol. The maximum atomic E-state index is 12.6. The Morgan fingerprint density at radius 2 is 1.91 bits per heavy atom. The van der Waals surface area contributed by atoms with Crippen molar-refractivity contribution in [3.8, 4) is 5.75 Å². The van der Waals surface area contributed by atoms with Gasteiger partial charge in [-0.1, -0.05) is 26.0 Å². The average Bonchev–Trinajstić information content (AvgIpc) is 3.12. The number of hydrogen-bond donors (Lipinski definition) is 4. The third kappa shape index (κ3) is 5.70. The second-order valence-corrected chi connectivity index (χ2v) is 9.60. The molecule has 1 fully saturated rings. The average molecular weight is 452 g/mol. The highest BCUT2D eigenvalue weighted by Gasteiger charge is 2.31. The number of phenols is 1. The molecule has 0 aliphatic carbocycles. The number of anilines is 1. The van der Waals surface area contributed by atoms with E-state index in [0.717, 1.165) is 12.2 Å². The lowest BCUT2D eigenvalue weighted by molar-refractivity contribution is -0.117. The van der Waals surface area contributed by atoms with Gasteiger partial charge < -0.3 is 26.0 Å². The summed E-state index contributed by atoms with van der Waals surface area (Å²) in [5.41, 5.74) is 7.94. The Labute approximate surface area is 194 Å². The molecule has 0 radical (unpaired) electrons. The predicted octanol–water partition coefficient (Wildman–Crippen LogP) is 2.30. The van der Waals surface area contributed by atoms with E-state index in [1.165, 1.54) is 23.8 Å². The van der Waals surface area contributed by atoms with Gasteiger partial charge in [0.25, 0.3) is 5.91 Å². The first-order chi connectivity index (χ1) is 15.5. The van der Waals surface area contributed by atoms with Crippen LogP contribution in [-0.2, 0) is 10.2 Å². The van der Waals surface area contributed by atoms with Crippen molar-refractivity contribution in [2.75, 3.05) is 38.6 Å². The zero-order valence-corrected chi connectivity index (χ0v) is 19.7. The first kappa shape index (κ1) is 24.3. The van der Waals surface area contributed by atoms with Crippen LogP contribution in [0.15, 0.2) is 42.5 Å². The molecule has 0 bridgehead atoms. The molecule has 2 amide bonds. The summed E-state index contributed by atoms with van der Waals surface area (Å²) in [5, 5.41) is 20.1. The summed E-state index contributed by atoms with van der Waals surface area (Å²) >= 11 is 0. The molecule has 33 heavy (non-hydrogen) atoms. The maximum Gasteiger partial charge on any atom is 0.251 e. The fourth-order valence-corrected chi connectivity index (χ4v) is 4.37. The summed E-state index contributed by atoms with van der Waals surface area (Å²) in [6.45, 7) is 6.22. The molecule has 8 nitrogen and oxygen atoms in total. The number of carbonyl (C=O) groups excluding carboxylic acids is 2. The number of nitrogens with zero attached hydrogens (tertiary/aromatic N) is 2. The van der Waals surface area contributed by atoms with Crippen molar-refractivity contribution in [2.45, 2.75) is 25.7 Å². The van der Waals surface area contributed by atoms with Crippen LogP contribution >= 0.6 is 0 Å². The Kier molecular flexibility index (Phi) is 7.07. The number of amides is 2. The van der Waals surface area contributed by atoms with Crippen molar-refractivity contribution in [2.24, 2.45) is 11.7 Å². The fraction of sp³-hybridized carbons (Fsp3) is 0.400. The molecule has 1 heterocycles. The number of rotatable bonds is 8. The van der Waals surface area contributed by atoms with Gasteiger partial charge in [-0.25, -0.2) is 0 Å². The number of nitrogens with one attached hydrogen (secondary N) is 2. The second-order valence-electron chi connectivity index (χ2n) is 9.60. The molecule has 1 unspecified atom stereocenters. The Hall–Kier alpha value is -3.39. The summed E-state index contributed by atoms with van der Waals surface area (Å²) in [7, 11) is 4.11. The molecule has 5 N–H and O–H groups in total. The van der Waals surface area contributed by atoms with Crippen LogP contribution in [0.1, 0.15) is 41.8 Å². The SMILES string of the molecule is CN(C)CC(C)(C)c1ccc(N2CC(CNC(=O)c3ccc(O)c(C(=N)N)c3)CC2=O)cc1. The molecular formula is C25H33N5O3. The minimum absolute atomic E-state index is 0.000345. The molecule has 2 aromatic carbocycles. The van der Waals surface area contributed by atoms with Crippen LogP contribution in [0.3, 0.4) is 0 Å². The molecule has 1 saturated heterocycles. The van der Waals surface area contributed by atoms with E-state index in [2.05, 4.69) is 50.3 Å². The molecule has 0 spiro atoms. The molecule has 1 aliphatic rings. The third-order valence-corrected chi connectivity index (χ3v) is 5.98. The monoisotopic (exact) mass is 451 g/mol. The van der Waals surface area contributed by atoms with Gasteiger partial charge in [0.1, 0.15) is 11.6 Å². The van der Waals surface area contributed by atoms with Gasteiger partial charge >= 0.3 is 0 Å². The van der Waals surface area contributed by atoms with Gasteiger partial charge in [0.2, 0.25) is 5.91 Å². The van der Waals surface area contributed by atoms with E-state index in [4.69, 9.17) is 11.1 Å². The van der Waals surface area contributed by atoms with E-state index < -0.39 is 0 Å². The first-order valence-electron chi connectivity index (χ1n) is 11.0. The minimum Gasteiger partial charge on any atom is -0.507 e. The lowest BCUT2D eigenvalue weighted by atomic mass is 9.84. The molecule has 3 rings (SSSR count). The molecule has 8 heteroatoms. The van der Waals surface area contributed by atoms with E-state index in [0.29, 0.717) is 25.1 Å². The number of amidine groups is 1. The maximum absolute atomic E-state index is 12.6. The summed E-state index contributed by atoms with van der Waals surface area (Å²) < 4.78 is 0. The lowest BCUT2D eigenvalue weighted by Gasteiger charge is -2.29. The largest absolute Gasteiger partial charge is 0.507 e. The van der Waals surface area contributed by atoms with E-state index in [1.54, 1.807) is 4.90 Å². The number of likely N-dealkylation sites (N-methyl/N-ethyl adjacent to an activating group) is 1. The van der Waals surface area contributed by atoms with Gasteiger partial charge in [0.05, 0.1) is 5.56 Å². The van der Waals surface area contributed by atoms with E-state index in [9.17, 15) is 14.7 Å². The molecule has 0 aromatic heterocycles. The van der Waals surface area contributed by atoms with Crippen LogP contribution in [0, 0.1) is 11.3 Å². The molecule has 1 aliphatic heterocycles. The summed E-state index contributed by atoms with van der Waals surface area (Å²) in [6.07, 6.45) is 0.364. The van der Waals surface area contributed by atoms with Gasteiger partial charge in [-0.05, 0) is 50.0 Å². The number of benzene rings is 2. The molecule has 176 valence electrons. The number of nitrogen functional groups attached to an aromatic ring is 1. The van der Waals surface area contributed by atoms with Gasteiger partial charge in [-0.2, -0.15) is 0 Å². The zero-order chi connectivity index (χ0) is 24.3. The predicted molar refractivity (Wildman–Crippen MR) is 130 cm³/mol. The van der Waals surface area contributed by atoms with E-state index >= 15 is 0 Å². The van der Waals surface area contributed by atoms with Crippen LogP contribution in [0.4, 0.5) is 5.69 Å². The Bertz CT molecular complexity index is 1050. The number of phenolic OH excluding ortho intramolecular Hbond substituents is 1. The molecule has 0 saturated carbocycles. The van der Waals surface area contributed by atoms with Gasteiger partial charge in [0, 0.05) is 48.6 Å². The van der Waals surface area contributed by atoms with Crippen molar-refractivity contribution >= 4 is 23.3 Å². The van der Waals surface area contributed by atoms with E-state index in [1.807, 2.05) is 12.1 Å². The van der Waals surface area contributed by atoms with Gasteiger partial charge in [0.15, 0.2) is 0 Å². The molecule has 2 aromatic rings. The number of carbonyl (C=O) groups is 2. The topological polar surface area (TPSA) is 123 Å². The smallest absolute Gasteiger partial charge is 0.251 e. The highest BCUT2D eigenvalue weighted by Crippen LogP contribution is 2.29. The van der Waals surface area contributed by atoms with Crippen molar-refractivity contribution < 1.29 is 14.7 Å². The van der Waals surface area contributed by atoms with Crippen molar-refractivity contribution in [3.63, 3.8) is 0 Å². The number of aromatic hydroxyl groups is 1. The van der Waals surface area contributed by atoms with Crippen molar-refractivity contribution in [3.05, 3.63) is 59.2 Å². The highest BCUT2D eigenvalue weighted by molar-refractivity contribution is 6.02. The van der Waals surface area contributed by atoms with Crippen molar-refractivity contribution in [1.82, 2.24) is 10.2 Å². The summed E-state index contributed by atoms with van der Waals surface area (Å²) in [4.78, 5) is 29.1. The lowest BCUT2D eigenvalue weighted by Crippen LogP contribution is -2.32. The fourth-order valence-electron chi connectivity index (χ4n) is 4.37. The standard InChI is InChI=1S/C25H33N5O3/c1-25(2,15-29(3)4)18-6-8-19(9-7-18)30-14-16(11-22(30)32)13-28-24(33)17-5-10-21(31)20(12-17)23(26)27/h5-10,12,16,31H,11,13-15H2,1-4H3,(H3,26,27)(H,28,33). The van der Waals surface area contributed by atoms with Gasteiger partial charge in [-0.15, -0.1) is 0 Å². The van der Waals surface area contributed by atoms with E-state index in [-0.39, 0.29) is 40.3 Å². The van der Waals surface area contributed by atoms with Crippen LogP contribution in [0.2, 0.25) is 0 Å². The second kappa shape index (κ2) is 9.62. The number of nitrogens with two attached hydrogens (primary N) is 1. The van der Waals surface area contributed by atoms with Crippen molar-refractivity contribution in [1.29, 1.82) is 5.41 Å². The Morgan fingerprint density at radius 3 is 2.52 bits per heavy atom. The highest BCUT2D eigenvalue weighted by atomic mass is 16.3. The Balaban J connectivity index is 1.61. The Morgan fingerprint density at radius 1 is 1.24 bits per heavy atom.